The minimum Gasteiger partial charge on any atom is -0.489 e. The minimum atomic E-state index is -0.531. The summed E-state index contributed by atoms with van der Waals surface area (Å²) in [5, 5.41) is 0. The normalized spacial score (nSPS) is 17.8. The summed E-state index contributed by atoms with van der Waals surface area (Å²) in [6.07, 6.45) is 2.63. The number of hydrogen-bond donors (Lipinski definition) is 0. The van der Waals surface area contributed by atoms with Gasteiger partial charge in [-0.25, -0.2) is 0 Å². The Kier molecular flexibility index (Phi) is 6.02. The maximum absolute atomic E-state index is 11.3. The van der Waals surface area contributed by atoms with Gasteiger partial charge in [0.2, 0.25) is 0 Å². The molecule has 0 spiro atoms. The molecule has 1 aliphatic heterocycles. The predicted molar refractivity (Wildman–Crippen MR) is 91.9 cm³/mol. The first-order valence-electron chi connectivity index (χ1n) is 8.23. The minimum absolute atomic E-state index is 0.162. The fourth-order valence-corrected chi connectivity index (χ4v) is 2.81. The Bertz CT molecular complexity index is 594. The van der Waals surface area contributed by atoms with Gasteiger partial charge in [-0.1, -0.05) is 12.7 Å². The first kappa shape index (κ1) is 18.5. The molecule has 0 fully saturated rings. The van der Waals surface area contributed by atoms with E-state index in [1.54, 1.807) is 12.1 Å². The van der Waals surface area contributed by atoms with Crippen LogP contribution < -0.4 is 9.47 Å². The van der Waals surface area contributed by atoms with Crippen LogP contribution in [0.25, 0.3) is 0 Å². The highest BCUT2D eigenvalue weighted by Gasteiger charge is 2.39. The summed E-state index contributed by atoms with van der Waals surface area (Å²) in [6.45, 7) is 12.3. The van der Waals surface area contributed by atoms with Crippen LogP contribution in [0.3, 0.4) is 0 Å². The van der Waals surface area contributed by atoms with Gasteiger partial charge in [0.15, 0.2) is 12.6 Å². The van der Waals surface area contributed by atoms with Crippen molar-refractivity contribution in [2.75, 3.05) is 13.2 Å². The molecule has 0 N–H and O–H groups in total. The van der Waals surface area contributed by atoms with Crippen molar-refractivity contribution < 1.29 is 23.7 Å². The van der Waals surface area contributed by atoms with Crippen molar-refractivity contribution >= 4 is 6.29 Å². The van der Waals surface area contributed by atoms with Gasteiger partial charge in [-0.3, -0.25) is 4.79 Å². The Hall–Kier alpha value is -1.85. The fourth-order valence-electron chi connectivity index (χ4n) is 2.81. The third-order valence-electron chi connectivity index (χ3n) is 4.00. The van der Waals surface area contributed by atoms with Gasteiger partial charge in [0, 0.05) is 19.1 Å². The van der Waals surface area contributed by atoms with Crippen molar-refractivity contribution in [3.8, 4) is 11.5 Å². The molecule has 0 aliphatic carbocycles. The van der Waals surface area contributed by atoms with Crippen LogP contribution in [0, 0.1) is 0 Å². The average molecular weight is 334 g/mol. The van der Waals surface area contributed by atoms with Crippen molar-refractivity contribution in [1.29, 1.82) is 0 Å². The SMILES string of the molecule is C=CCOc1cc2c(cc1C=O)C[C@@H](C(C)(C)OC(C)OCC)O2. The van der Waals surface area contributed by atoms with Crippen LogP contribution >= 0.6 is 0 Å². The molecule has 1 unspecified atom stereocenters. The molecular weight excluding hydrogens is 308 g/mol. The summed E-state index contributed by atoms with van der Waals surface area (Å²) in [7, 11) is 0. The predicted octanol–water partition coefficient (Wildman–Crippen LogP) is 3.55. The van der Waals surface area contributed by atoms with Gasteiger partial charge in [-0.2, -0.15) is 0 Å². The highest BCUT2D eigenvalue weighted by Crippen LogP contribution is 2.38. The van der Waals surface area contributed by atoms with Gasteiger partial charge in [0.05, 0.1) is 5.56 Å². The van der Waals surface area contributed by atoms with Gasteiger partial charge in [0.25, 0.3) is 0 Å². The Labute approximate surface area is 143 Å². The summed E-state index contributed by atoms with van der Waals surface area (Å²) < 4.78 is 23.1. The maximum atomic E-state index is 11.3. The van der Waals surface area contributed by atoms with Crippen molar-refractivity contribution in [3.05, 3.63) is 35.9 Å². The van der Waals surface area contributed by atoms with Crippen LogP contribution in [0.5, 0.6) is 11.5 Å². The maximum Gasteiger partial charge on any atom is 0.155 e. The number of carbonyl (C=O) groups excluding carboxylic acids is 1. The lowest BCUT2D eigenvalue weighted by Gasteiger charge is -2.33. The van der Waals surface area contributed by atoms with Gasteiger partial charge in [-0.05, 0) is 39.3 Å². The van der Waals surface area contributed by atoms with Crippen LogP contribution in [0.4, 0.5) is 0 Å². The summed E-state index contributed by atoms with van der Waals surface area (Å²) in [4.78, 5) is 11.3. The number of hydrogen-bond acceptors (Lipinski definition) is 5. The first-order valence-corrected chi connectivity index (χ1v) is 8.23. The molecule has 1 aliphatic rings. The molecule has 5 heteroatoms. The van der Waals surface area contributed by atoms with E-state index in [4.69, 9.17) is 18.9 Å². The molecule has 1 aromatic rings. The van der Waals surface area contributed by atoms with Crippen molar-refractivity contribution in [3.63, 3.8) is 0 Å². The lowest BCUT2D eigenvalue weighted by molar-refractivity contribution is -0.211. The molecule has 1 aromatic carbocycles. The molecule has 5 nitrogen and oxygen atoms in total. The molecule has 0 saturated heterocycles. The Morgan fingerprint density at radius 1 is 1.46 bits per heavy atom. The number of rotatable bonds is 9. The van der Waals surface area contributed by atoms with Crippen molar-refractivity contribution in [1.82, 2.24) is 0 Å². The Morgan fingerprint density at radius 2 is 2.21 bits per heavy atom. The molecule has 0 saturated carbocycles. The van der Waals surface area contributed by atoms with E-state index in [-0.39, 0.29) is 12.4 Å². The zero-order valence-electron chi connectivity index (χ0n) is 14.8. The van der Waals surface area contributed by atoms with E-state index in [1.165, 1.54) is 0 Å². The Morgan fingerprint density at radius 3 is 2.83 bits per heavy atom. The Balaban J connectivity index is 2.16. The topological polar surface area (TPSA) is 54.0 Å². The molecule has 24 heavy (non-hydrogen) atoms. The van der Waals surface area contributed by atoms with Gasteiger partial charge in [0.1, 0.15) is 29.8 Å². The van der Waals surface area contributed by atoms with E-state index in [9.17, 15) is 4.79 Å². The van der Waals surface area contributed by atoms with E-state index >= 15 is 0 Å². The zero-order valence-corrected chi connectivity index (χ0v) is 14.8. The molecule has 0 amide bonds. The number of aldehydes is 1. The summed E-state index contributed by atoms with van der Waals surface area (Å²) in [5.41, 5.74) is 0.965. The quantitative estimate of drug-likeness (QED) is 0.393. The van der Waals surface area contributed by atoms with E-state index in [1.807, 2.05) is 33.8 Å². The van der Waals surface area contributed by atoms with Crippen LogP contribution in [0.1, 0.15) is 43.6 Å². The molecule has 132 valence electrons. The van der Waals surface area contributed by atoms with E-state index in [0.29, 0.717) is 30.9 Å². The monoisotopic (exact) mass is 334 g/mol. The van der Waals surface area contributed by atoms with Crippen LogP contribution in [0.2, 0.25) is 0 Å². The highest BCUT2D eigenvalue weighted by atomic mass is 16.7. The second kappa shape index (κ2) is 7.81. The van der Waals surface area contributed by atoms with E-state index in [0.717, 1.165) is 17.6 Å². The highest BCUT2D eigenvalue weighted by molar-refractivity contribution is 5.80. The fraction of sp³-hybridized carbons (Fsp3) is 0.526. The number of benzene rings is 1. The first-order chi connectivity index (χ1) is 11.4. The molecule has 2 atom stereocenters. The smallest absolute Gasteiger partial charge is 0.155 e. The molecule has 1 heterocycles. The van der Waals surface area contributed by atoms with Crippen LogP contribution in [-0.4, -0.2) is 37.5 Å². The number of fused-ring (bicyclic) bond motifs is 1. The molecule has 2 rings (SSSR count). The standard InChI is InChI=1S/C19H26O5/c1-6-8-22-16-11-17-14(9-15(16)12-20)10-18(23-17)19(4,5)24-13(3)21-7-2/h6,9,11-13,18H,1,7-8,10H2,2-5H3/t13?,18-/m0/s1. The number of ether oxygens (including phenoxy) is 4. The lowest BCUT2D eigenvalue weighted by atomic mass is 9.96. The largest absolute Gasteiger partial charge is 0.489 e. The average Bonchev–Trinajstić information content (AvgIpc) is 2.95. The van der Waals surface area contributed by atoms with E-state index < -0.39 is 5.60 Å². The second-order valence-corrected chi connectivity index (χ2v) is 6.27. The molecule has 0 radical (unpaired) electrons. The van der Waals surface area contributed by atoms with Gasteiger partial charge in [-0.15, -0.1) is 0 Å². The van der Waals surface area contributed by atoms with Gasteiger partial charge >= 0.3 is 0 Å². The van der Waals surface area contributed by atoms with Crippen LogP contribution in [-0.2, 0) is 15.9 Å². The molecule has 0 bridgehead atoms. The van der Waals surface area contributed by atoms with Crippen molar-refractivity contribution in [2.45, 2.75) is 52.1 Å². The zero-order chi connectivity index (χ0) is 17.7. The number of carbonyl (C=O) groups is 1. The third kappa shape index (κ3) is 4.16. The molecule has 0 aromatic heterocycles. The summed E-state index contributed by atoms with van der Waals surface area (Å²) >= 11 is 0. The third-order valence-corrected chi connectivity index (χ3v) is 4.00. The van der Waals surface area contributed by atoms with Crippen LogP contribution in [0.15, 0.2) is 24.8 Å². The van der Waals surface area contributed by atoms with Gasteiger partial charge < -0.3 is 18.9 Å². The van der Waals surface area contributed by atoms with Crippen molar-refractivity contribution in [2.24, 2.45) is 0 Å². The summed E-state index contributed by atoms with van der Waals surface area (Å²) in [6, 6.07) is 3.59. The summed E-state index contributed by atoms with van der Waals surface area (Å²) in [5.74, 6) is 1.23. The lowest BCUT2D eigenvalue weighted by Crippen LogP contribution is -2.44. The van der Waals surface area contributed by atoms with E-state index in [2.05, 4.69) is 6.58 Å². The molecular formula is C19H26O5. The second-order valence-electron chi connectivity index (χ2n) is 6.27.